The molecule has 3 heteroatoms. The van der Waals surface area contributed by atoms with E-state index in [0.717, 1.165) is 31.6 Å². The Bertz CT molecular complexity index is 276. The number of hydrogen-bond donors (Lipinski definition) is 1. The van der Waals surface area contributed by atoms with E-state index < -0.39 is 0 Å². The quantitative estimate of drug-likeness (QED) is 0.774. The summed E-state index contributed by atoms with van der Waals surface area (Å²) < 4.78 is 2.20. The number of nitrogens with two attached hydrogens (primary N) is 1. The Morgan fingerprint density at radius 2 is 2.21 bits per heavy atom. The molecule has 3 nitrogen and oxygen atoms in total. The van der Waals surface area contributed by atoms with Crippen molar-refractivity contribution < 1.29 is 0 Å². The zero-order valence-electron chi connectivity index (χ0n) is 9.45. The van der Waals surface area contributed by atoms with Gasteiger partial charge in [-0.2, -0.15) is 0 Å². The summed E-state index contributed by atoms with van der Waals surface area (Å²) in [6.07, 6.45) is 5.11. The van der Waals surface area contributed by atoms with Gasteiger partial charge < -0.3 is 10.3 Å². The van der Waals surface area contributed by atoms with E-state index in [1.807, 2.05) is 6.20 Å². The number of rotatable bonds is 5. The van der Waals surface area contributed by atoms with Gasteiger partial charge in [-0.3, -0.25) is 0 Å². The van der Waals surface area contributed by atoms with Crippen LogP contribution >= 0.6 is 0 Å². The zero-order valence-corrected chi connectivity index (χ0v) is 9.45. The van der Waals surface area contributed by atoms with Crippen LogP contribution < -0.4 is 5.73 Å². The molecule has 0 amide bonds. The Labute approximate surface area is 86.3 Å². The van der Waals surface area contributed by atoms with Crippen LogP contribution in [0.3, 0.4) is 0 Å². The molecule has 0 saturated heterocycles. The average molecular weight is 195 g/mol. The van der Waals surface area contributed by atoms with E-state index in [0.29, 0.717) is 5.92 Å². The molecule has 0 fully saturated rings. The third-order valence-corrected chi connectivity index (χ3v) is 2.40. The van der Waals surface area contributed by atoms with Gasteiger partial charge in [0.25, 0.3) is 0 Å². The van der Waals surface area contributed by atoms with Gasteiger partial charge in [0.15, 0.2) is 0 Å². The van der Waals surface area contributed by atoms with Crippen molar-refractivity contribution >= 4 is 0 Å². The Morgan fingerprint density at radius 1 is 1.50 bits per heavy atom. The summed E-state index contributed by atoms with van der Waals surface area (Å²) in [5.41, 5.74) is 6.80. The molecule has 1 aromatic heterocycles. The van der Waals surface area contributed by atoms with E-state index in [9.17, 15) is 0 Å². The fourth-order valence-corrected chi connectivity index (χ4v) is 1.59. The number of aromatic nitrogens is 2. The van der Waals surface area contributed by atoms with E-state index >= 15 is 0 Å². The van der Waals surface area contributed by atoms with Crippen LogP contribution in [-0.4, -0.2) is 16.1 Å². The van der Waals surface area contributed by atoms with Crippen LogP contribution in [-0.2, 0) is 19.9 Å². The summed E-state index contributed by atoms with van der Waals surface area (Å²) in [6, 6.07) is 0. The van der Waals surface area contributed by atoms with Crippen molar-refractivity contribution in [3.63, 3.8) is 0 Å². The van der Waals surface area contributed by atoms with Crippen LogP contribution in [0, 0.1) is 5.92 Å². The van der Waals surface area contributed by atoms with Gasteiger partial charge in [-0.05, 0) is 25.3 Å². The molecule has 1 aromatic rings. The molecule has 14 heavy (non-hydrogen) atoms. The molecule has 1 heterocycles. The van der Waals surface area contributed by atoms with Gasteiger partial charge in [-0.25, -0.2) is 4.98 Å². The van der Waals surface area contributed by atoms with Crippen LogP contribution in [0.5, 0.6) is 0 Å². The molecule has 2 N–H and O–H groups in total. The lowest BCUT2D eigenvalue weighted by molar-refractivity contribution is 0.606. The van der Waals surface area contributed by atoms with E-state index in [-0.39, 0.29) is 0 Å². The van der Waals surface area contributed by atoms with Gasteiger partial charge in [0.2, 0.25) is 0 Å². The largest absolute Gasteiger partial charge is 0.335 e. The van der Waals surface area contributed by atoms with E-state index in [1.165, 1.54) is 5.69 Å². The maximum atomic E-state index is 5.48. The van der Waals surface area contributed by atoms with Crippen molar-refractivity contribution in [1.29, 1.82) is 0 Å². The standard InChI is InChI=1S/C11H21N3/c1-9(2)7-10-8-13-11(14(10)3)5-4-6-12/h8-9H,4-7,12H2,1-3H3. The zero-order chi connectivity index (χ0) is 10.6. The normalized spacial score (nSPS) is 11.2. The Hall–Kier alpha value is -0.830. The van der Waals surface area contributed by atoms with Gasteiger partial charge >= 0.3 is 0 Å². The van der Waals surface area contributed by atoms with E-state index in [2.05, 4.69) is 30.4 Å². The summed E-state index contributed by atoms with van der Waals surface area (Å²) in [5.74, 6) is 1.85. The highest BCUT2D eigenvalue weighted by molar-refractivity contribution is 5.05. The molecule has 0 spiro atoms. The highest BCUT2D eigenvalue weighted by atomic mass is 15.1. The minimum Gasteiger partial charge on any atom is -0.335 e. The molecule has 0 atom stereocenters. The molecule has 0 bridgehead atoms. The molecule has 0 aliphatic rings. The second-order valence-corrected chi connectivity index (χ2v) is 4.21. The molecule has 0 aromatic carbocycles. The lowest BCUT2D eigenvalue weighted by atomic mass is 10.1. The van der Waals surface area contributed by atoms with Gasteiger partial charge in [-0.15, -0.1) is 0 Å². The fourth-order valence-electron chi connectivity index (χ4n) is 1.59. The Morgan fingerprint density at radius 3 is 2.79 bits per heavy atom. The molecule has 0 unspecified atom stereocenters. The third-order valence-electron chi connectivity index (χ3n) is 2.40. The van der Waals surface area contributed by atoms with Crippen molar-refractivity contribution in [3.05, 3.63) is 17.7 Å². The van der Waals surface area contributed by atoms with Crippen molar-refractivity contribution in [2.24, 2.45) is 18.7 Å². The molecular weight excluding hydrogens is 174 g/mol. The van der Waals surface area contributed by atoms with Crippen LogP contribution in [0.4, 0.5) is 0 Å². The smallest absolute Gasteiger partial charge is 0.108 e. The molecule has 0 aliphatic carbocycles. The summed E-state index contributed by atoms with van der Waals surface area (Å²) >= 11 is 0. The summed E-state index contributed by atoms with van der Waals surface area (Å²) in [6.45, 7) is 5.20. The summed E-state index contributed by atoms with van der Waals surface area (Å²) in [5, 5.41) is 0. The van der Waals surface area contributed by atoms with Crippen molar-refractivity contribution in [3.8, 4) is 0 Å². The van der Waals surface area contributed by atoms with Crippen molar-refractivity contribution in [2.75, 3.05) is 6.54 Å². The number of aryl methyl sites for hydroxylation is 1. The van der Waals surface area contributed by atoms with Crippen molar-refractivity contribution in [1.82, 2.24) is 9.55 Å². The molecular formula is C11H21N3. The van der Waals surface area contributed by atoms with Crippen molar-refractivity contribution in [2.45, 2.75) is 33.1 Å². The minimum atomic E-state index is 0.688. The van der Waals surface area contributed by atoms with Gasteiger partial charge in [-0.1, -0.05) is 13.8 Å². The Kier molecular flexibility index (Phi) is 4.14. The lowest BCUT2D eigenvalue weighted by Gasteiger charge is -2.07. The average Bonchev–Trinajstić information content (AvgIpc) is 2.45. The third kappa shape index (κ3) is 2.84. The first-order valence-corrected chi connectivity index (χ1v) is 5.34. The first kappa shape index (κ1) is 11.2. The van der Waals surface area contributed by atoms with Gasteiger partial charge in [0.05, 0.1) is 0 Å². The summed E-state index contributed by atoms with van der Waals surface area (Å²) in [7, 11) is 2.09. The van der Waals surface area contributed by atoms with E-state index in [1.54, 1.807) is 0 Å². The molecule has 0 saturated carbocycles. The van der Waals surface area contributed by atoms with Crippen LogP contribution in [0.25, 0.3) is 0 Å². The highest BCUT2D eigenvalue weighted by Gasteiger charge is 2.07. The molecule has 80 valence electrons. The topological polar surface area (TPSA) is 43.8 Å². The predicted molar refractivity (Wildman–Crippen MR) is 59.1 cm³/mol. The second-order valence-electron chi connectivity index (χ2n) is 4.21. The van der Waals surface area contributed by atoms with Gasteiger partial charge in [0, 0.05) is 25.4 Å². The summed E-state index contributed by atoms with van der Waals surface area (Å²) in [4.78, 5) is 4.41. The van der Waals surface area contributed by atoms with Gasteiger partial charge in [0.1, 0.15) is 5.82 Å². The molecule has 0 aliphatic heterocycles. The second kappa shape index (κ2) is 5.15. The van der Waals surface area contributed by atoms with E-state index in [4.69, 9.17) is 5.73 Å². The monoisotopic (exact) mass is 195 g/mol. The molecule has 0 radical (unpaired) electrons. The first-order chi connectivity index (χ1) is 6.65. The number of nitrogens with zero attached hydrogens (tertiary/aromatic N) is 2. The highest BCUT2D eigenvalue weighted by Crippen LogP contribution is 2.10. The maximum absolute atomic E-state index is 5.48. The predicted octanol–water partition coefficient (Wildman–Crippen LogP) is 1.51. The fraction of sp³-hybridized carbons (Fsp3) is 0.727. The van der Waals surface area contributed by atoms with Crippen LogP contribution in [0.2, 0.25) is 0 Å². The number of hydrogen-bond acceptors (Lipinski definition) is 2. The molecule has 1 rings (SSSR count). The van der Waals surface area contributed by atoms with Crippen LogP contribution in [0.1, 0.15) is 31.8 Å². The van der Waals surface area contributed by atoms with Crippen LogP contribution in [0.15, 0.2) is 6.20 Å². The number of imidazole rings is 1. The maximum Gasteiger partial charge on any atom is 0.108 e. The lowest BCUT2D eigenvalue weighted by Crippen LogP contribution is -2.07. The minimum absolute atomic E-state index is 0.688. The Balaban J connectivity index is 2.65. The first-order valence-electron chi connectivity index (χ1n) is 5.34. The SMILES string of the molecule is CC(C)Cc1cnc(CCCN)n1C.